The third-order valence-electron chi connectivity index (χ3n) is 4.64. The van der Waals surface area contributed by atoms with Crippen LogP contribution in [0.25, 0.3) is 0 Å². The van der Waals surface area contributed by atoms with Crippen LogP contribution in [0.3, 0.4) is 0 Å². The molecule has 92 valence electrons. The number of terminal acetylenes is 1. The standard InChI is InChI=1S/C15H22N2/c1-3-4-5-9-15(12-16)10-8-13(2)14-7-6-11-17(14)15/h1,13-14H,4-11H2,2H3/t13-,14+,15-/m1/s1. The smallest absolute Gasteiger partial charge is 0.109 e. The van der Waals surface area contributed by atoms with E-state index >= 15 is 0 Å². The van der Waals surface area contributed by atoms with Crippen molar-refractivity contribution in [3.05, 3.63) is 0 Å². The van der Waals surface area contributed by atoms with Crippen molar-refractivity contribution in [1.29, 1.82) is 5.26 Å². The Labute approximate surface area is 105 Å². The van der Waals surface area contributed by atoms with E-state index in [2.05, 4.69) is 23.8 Å². The average molecular weight is 230 g/mol. The van der Waals surface area contributed by atoms with Crippen LogP contribution in [-0.2, 0) is 0 Å². The first-order chi connectivity index (χ1) is 8.23. The van der Waals surface area contributed by atoms with Gasteiger partial charge in [-0.2, -0.15) is 5.26 Å². The molecule has 17 heavy (non-hydrogen) atoms. The van der Waals surface area contributed by atoms with E-state index in [-0.39, 0.29) is 5.54 Å². The zero-order valence-corrected chi connectivity index (χ0v) is 10.8. The SMILES string of the molecule is C#CCCC[C@]1(C#N)CC[C@@H](C)[C@@H]2CCCN21. The fourth-order valence-electron chi connectivity index (χ4n) is 3.65. The van der Waals surface area contributed by atoms with Gasteiger partial charge in [0.2, 0.25) is 0 Å². The van der Waals surface area contributed by atoms with E-state index in [4.69, 9.17) is 6.42 Å². The van der Waals surface area contributed by atoms with Crippen LogP contribution in [0, 0.1) is 29.6 Å². The Morgan fingerprint density at radius 1 is 1.47 bits per heavy atom. The van der Waals surface area contributed by atoms with E-state index in [1.807, 2.05) is 0 Å². The topological polar surface area (TPSA) is 27.0 Å². The molecule has 0 amide bonds. The lowest BCUT2D eigenvalue weighted by atomic mass is 9.77. The summed E-state index contributed by atoms with van der Waals surface area (Å²) in [7, 11) is 0. The van der Waals surface area contributed by atoms with Gasteiger partial charge >= 0.3 is 0 Å². The fourth-order valence-corrected chi connectivity index (χ4v) is 3.65. The lowest BCUT2D eigenvalue weighted by Crippen LogP contribution is -2.55. The van der Waals surface area contributed by atoms with Crippen molar-refractivity contribution in [3.63, 3.8) is 0 Å². The zero-order chi connectivity index (χ0) is 12.3. The van der Waals surface area contributed by atoms with Gasteiger partial charge in [-0.1, -0.05) is 6.92 Å². The highest BCUT2D eigenvalue weighted by molar-refractivity contribution is 5.14. The number of hydrogen-bond donors (Lipinski definition) is 0. The fraction of sp³-hybridized carbons (Fsp3) is 0.800. The second-order valence-corrected chi connectivity index (χ2v) is 5.62. The molecule has 0 N–H and O–H groups in total. The summed E-state index contributed by atoms with van der Waals surface area (Å²) in [4.78, 5) is 2.50. The van der Waals surface area contributed by atoms with E-state index in [0.717, 1.165) is 38.1 Å². The van der Waals surface area contributed by atoms with Crippen molar-refractivity contribution in [2.75, 3.05) is 6.54 Å². The third-order valence-corrected chi connectivity index (χ3v) is 4.64. The molecule has 2 aliphatic rings. The maximum absolute atomic E-state index is 9.63. The molecule has 2 fully saturated rings. The molecular formula is C15H22N2. The number of fused-ring (bicyclic) bond motifs is 1. The van der Waals surface area contributed by atoms with Crippen LogP contribution in [-0.4, -0.2) is 23.0 Å². The average Bonchev–Trinajstić information content (AvgIpc) is 2.83. The van der Waals surface area contributed by atoms with Gasteiger partial charge in [0.15, 0.2) is 0 Å². The summed E-state index contributed by atoms with van der Waals surface area (Å²) in [5.41, 5.74) is -0.204. The zero-order valence-electron chi connectivity index (χ0n) is 10.8. The van der Waals surface area contributed by atoms with Crippen LogP contribution >= 0.6 is 0 Å². The predicted molar refractivity (Wildman–Crippen MR) is 69.2 cm³/mol. The summed E-state index contributed by atoms with van der Waals surface area (Å²) in [6, 6.07) is 3.27. The Balaban J connectivity index is 2.11. The summed E-state index contributed by atoms with van der Waals surface area (Å²) < 4.78 is 0. The van der Waals surface area contributed by atoms with Crippen LogP contribution in [0.15, 0.2) is 0 Å². The Kier molecular flexibility index (Phi) is 3.75. The van der Waals surface area contributed by atoms with Crippen molar-refractivity contribution < 1.29 is 0 Å². The molecule has 0 aromatic rings. The van der Waals surface area contributed by atoms with Crippen LogP contribution in [0.1, 0.15) is 51.9 Å². The van der Waals surface area contributed by atoms with Crippen molar-refractivity contribution in [3.8, 4) is 18.4 Å². The molecule has 0 aromatic heterocycles. The minimum absolute atomic E-state index is 0.204. The maximum Gasteiger partial charge on any atom is 0.109 e. The van der Waals surface area contributed by atoms with E-state index in [9.17, 15) is 5.26 Å². The van der Waals surface area contributed by atoms with Crippen LogP contribution in [0.5, 0.6) is 0 Å². The summed E-state index contributed by atoms with van der Waals surface area (Å²) in [6.45, 7) is 3.45. The number of nitrogens with zero attached hydrogens (tertiary/aromatic N) is 2. The lowest BCUT2D eigenvalue weighted by Gasteiger charge is -2.47. The monoisotopic (exact) mass is 230 g/mol. The van der Waals surface area contributed by atoms with Crippen LogP contribution in [0.4, 0.5) is 0 Å². The molecule has 2 rings (SSSR count). The normalized spacial score (nSPS) is 37.1. The van der Waals surface area contributed by atoms with Gasteiger partial charge in [-0.25, -0.2) is 0 Å². The molecule has 0 radical (unpaired) electrons. The first-order valence-corrected chi connectivity index (χ1v) is 6.85. The lowest BCUT2D eigenvalue weighted by molar-refractivity contribution is 0.0301. The van der Waals surface area contributed by atoms with E-state index in [0.29, 0.717) is 6.04 Å². The molecule has 2 aliphatic heterocycles. The molecule has 0 aromatic carbocycles. The van der Waals surface area contributed by atoms with Gasteiger partial charge in [0, 0.05) is 19.0 Å². The quantitative estimate of drug-likeness (QED) is 0.550. The summed E-state index contributed by atoms with van der Waals surface area (Å²) in [6.07, 6.45) is 12.8. The molecule has 2 saturated heterocycles. The molecule has 0 bridgehead atoms. The Hall–Kier alpha value is -0.990. The van der Waals surface area contributed by atoms with Gasteiger partial charge in [-0.15, -0.1) is 12.3 Å². The Morgan fingerprint density at radius 3 is 3.00 bits per heavy atom. The summed E-state index contributed by atoms with van der Waals surface area (Å²) in [5, 5.41) is 9.63. The Bertz CT molecular complexity index is 349. The van der Waals surface area contributed by atoms with Crippen molar-refractivity contribution in [2.24, 2.45) is 5.92 Å². The molecule has 0 aliphatic carbocycles. The molecule has 2 heteroatoms. The van der Waals surface area contributed by atoms with Crippen molar-refractivity contribution in [2.45, 2.75) is 63.5 Å². The van der Waals surface area contributed by atoms with Gasteiger partial charge in [-0.3, -0.25) is 4.90 Å². The van der Waals surface area contributed by atoms with Gasteiger partial charge in [0.05, 0.1) is 6.07 Å². The molecule has 2 nitrogen and oxygen atoms in total. The minimum atomic E-state index is -0.204. The van der Waals surface area contributed by atoms with Gasteiger partial charge in [-0.05, 0) is 44.4 Å². The van der Waals surface area contributed by atoms with E-state index in [1.165, 1.54) is 19.3 Å². The molecule has 3 atom stereocenters. The molecular weight excluding hydrogens is 208 g/mol. The van der Waals surface area contributed by atoms with Gasteiger partial charge in [0.25, 0.3) is 0 Å². The molecule has 0 spiro atoms. The molecule has 2 heterocycles. The van der Waals surface area contributed by atoms with Crippen LogP contribution in [0.2, 0.25) is 0 Å². The largest absolute Gasteiger partial charge is 0.282 e. The molecule has 0 unspecified atom stereocenters. The second kappa shape index (κ2) is 5.11. The number of piperidine rings is 1. The van der Waals surface area contributed by atoms with Crippen molar-refractivity contribution >= 4 is 0 Å². The Morgan fingerprint density at radius 2 is 2.29 bits per heavy atom. The second-order valence-electron chi connectivity index (χ2n) is 5.62. The number of nitriles is 1. The first kappa shape index (κ1) is 12.5. The third kappa shape index (κ3) is 2.20. The highest BCUT2D eigenvalue weighted by atomic mass is 15.3. The molecule has 0 saturated carbocycles. The highest BCUT2D eigenvalue weighted by Crippen LogP contribution is 2.42. The van der Waals surface area contributed by atoms with Gasteiger partial charge in [0.1, 0.15) is 5.54 Å². The highest BCUT2D eigenvalue weighted by Gasteiger charge is 2.47. The van der Waals surface area contributed by atoms with Gasteiger partial charge < -0.3 is 0 Å². The number of unbranched alkanes of at least 4 members (excludes halogenated alkanes) is 1. The van der Waals surface area contributed by atoms with E-state index in [1.54, 1.807) is 0 Å². The van der Waals surface area contributed by atoms with Crippen molar-refractivity contribution in [1.82, 2.24) is 4.90 Å². The van der Waals surface area contributed by atoms with E-state index < -0.39 is 0 Å². The predicted octanol–water partition coefficient (Wildman–Crippen LogP) is 2.95. The maximum atomic E-state index is 9.63. The summed E-state index contributed by atoms with van der Waals surface area (Å²) in [5.74, 6) is 3.45. The number of hydrogen-bond acceptors (Lipinski definition) is 2. The summed E-state index contributed by atoms with van der Waals surface area (Å²) >= 11 is 0. The minimum Gasteiger partial charge on any atom is -0.282 e. The number of rotatable bonds is 3. The van der Waals surface area contributed by atoms with Crippen LogP contribution < -0.4 is 0 Å². The first-order valence-electron chi connectivity index (χ1n) is 6.85.